The molecule has 0 bridgehead atoms. The van der Waals surface area contributed by atoms with E-state index in [2.05, 4.69) is 12.2 Å². The average Bonchev–Trinajstić information content (AvgIpc) is 3.16. The van der Waals surface area contributed by atoms with Crippen molar-refractivity contribution in [3.63, 3.8) is 0 Å². The molecule has 0 aromatic heterocycles. The van der Waals surface area contributed by atoms with Crippen LogP contribution >= 0.6 is 0 Å². The molecular weight excluding hydrogens is 228 g/mol. The van der Waals surface area contributed by atoms with Crippen molar-refractivity contribution in [1.82, 2.24) is 5.32 Å². The number of nitrogens with one attached hydrogen (secondary N) is 1. The highest BCUT2D eigenvalue weighted by Gasteiger charge is 2.40. The van der Waals surface area contributed by atoms with Crippen LogP contribution in [-0.2, 0) is 0 Å². The van der Waals surface area contributed by atoms with E-state index in [4.69, 9.17) is 10.5 Å². The van der Waals surface area contributed by atoms with E-state index in [1.807, 2.05) is 0 Å². The molecule has 0 radical (unpaired) electrons. The van der Waals surface area contributed by atoms with Gasteiger partial charge in [0.05, 0.1) is 7.11 Å². The summed E-state index contributed by atoms with van der Waals surface area (Å²) in [7, 11) is 1.54. The number of hydrogen-bond donors (Lipinski definition) is 2. The number of carbonyl (C=O) groups excluding carboxylic acids is 1. The lowest BCUT2D eigenvalue weighted by atomic mass is 10.0. The molecule has 1 aliphatic carbocycles. The quantitative estimate of drug-likeness (QED) is 0.785. The number of methoxy groups -OCH3 is 1. The van der Waals surface area contributed by atoms with E-state index in [0.717, 1.165) is 13.0 Å². The molecule has 1 saturated carbocycles. The van der Waals surface area contributed by atoms with Crippen molar-refractivity contribution in [2.24, 2.45) is 5.41 Å². The highest BCUT2D eigenvalue weighted by Crippen LogP contribution is 2.47. The van der Waals surface area contributed by atoms with E-state index in [0.29, 0.717) is 22.4 Å². The van der Waals surface area contributed by atoms with Crippen LogP contribution in [0.3, 0.4) is 0 Å². The molecule has 98 valence electrons. The van der Waals surface area contributed by atoms with Gasteiger partial charge in [0.25, 0.3) is 5.91 Å². The maximum absolute atomic E-state index is 12.2. The fourth-order valence-corrected chi connectivity index (χ4v) is 2.15. The fourth-order valence-electron chi connectivity index (χ4n) is 2.15. The van der Waals surface area contributed by atoms with Gasteiger partial charge in [-0.05, 0) is 36.8 Å². The lowest BCUT2D eigenvalue weighted by Gasteiger charge is -2.15. The van der Waals surface area contributed by atoms with Gasteiger partial charge in [-0.1, -0.05) is 13.0 Å². The van der Waals surface area contributed by atoms with Crippen LogP contribution < -0.4 is 15.8 Å². The number of hydrogen-bond acceptors (Lipinski definition) is 3. The molecule has 0 spiro atoms. The number of nitrogen functional groups attached to an aromatic ring is 1. The van der Waals surface area contributed by atoms with E-state index >= 15 is 0 Å². The second kappa shape index (κ2) is 4.88. The van der Waals surface area contributed by atoms with E-state index in [1.165, 1.54) is 12.8 Å². The molecule has 0 saturated heterocycles. The zero-order valence-corrected chi connectivity index (χ0v) is 11.0. The Kier molecular flexibility index (Phi) is 3.45. The first kappa shape index (κ1) is 12.7. The summed E-state index contributed by atoms with van der Waals surface area (Å²) in [5, 5.41) is 2.97. The number of amides is 1. The van der Waals surface area contributed by atoms with Crippen molar-refractivity contribution in [3.05, 3.63) is 23.8 Å². The Bertz CT molecular complexity index is 453. The Labute approximate surface area is 108 Å². The van der Waals surface area contributed by atoms with Gasteiger partial charge in [-0.3, -0.25) is 4.79 Å². The molecule has 2 rings (SSSR count). The number of ether oxygens (including phenoxy) is 1. The van der Waals surface area contributed by atoms with Gasteiger partial charge in [0.15, 0.2) is 0 Å². The minimum atomic E-state index is -0.148. The van der Waals surface area contributed by atoms with Crippen LogP contribution in [0, 0.1) is 5.41 Å². The third-order valence-electron chi connectivity index (χ3n) is 3.84. The van der Waals surface area contributed by atoms with Crippen LogP contribution in [0.25, 0.3) is 0 Å². The largest absolute Gasteiger partial charge is 0.496 e. The van der Waals surface area contributed by atoms with Crippen molar-refractivity contribution in [3.8, 4) is 5.75 Å². The molecule has 0 atom stereocenters. The molecule has 1 fully saturated rings. The van der Waals surface area contributed by atoms with E-state index in [-0.39, 0.29) is 5.91 Å². The molecule has 4 heteroatoms. The Balaban J connectivity index is 2.09. The standard InChI is InChI=1S/C14H20N2O2/c1-3-14(7-8-14)9-16-13(17)12-10(15)5-4-6-11(12)18-2/h4-6H,3,7-9,15H2,1-2H3,(H,16,17). The Morgan fingerprint density at radius 2 is 2.22 bits per heavy atom. The molecule has 0 unspecified atom stereocenters. The Morgan fingerprint density at radius 1 is 1.50 bits per heavy atom. The molecule has 0 aliphatic heterocycles. The van der Waals surface area contributed by atoms with Crippen LogP contribution in [0.4, 0.5) is 5.69 Å². The van der Waals surface area contributed by atoms with Crippen molar-refractivity contribution in [2.45, 2.75) is 26.2 Å². The van der Waals surface area contributed by atoms with Gasteiger partial charge in [-0.25, -0.2) is 0 Å². The highest BCUT2D eigenvalue weighted by atomic mass is 16.5. The van der Waals surface area contributed by atoms with Crippen LogP contribution in [0.2, 0.25) is 0 Å². The number of carbonyl (C=O) groups is 1. The normalized spacial score (nSPS) is 16.1. The Hall–Kier alpha value is -1.71. The number of anilines is 1. The zero-order chi connectivity index (χ0) is 13.2. The molecule has 1 amide bonds. The summed E-state index contributed by atoms with van der Waals surface area (Å²) in [5.74, 6) is 0.374. The van der Waals surface area contributed by atoms with Gasteiger partial charge in [-0.15, -0.1) is 0 Å². The summed E-state index contributed by atoms with van der Waals surface area (Å²) in [6.07, 6.45) is 3.51. The first-order valence-electron chi connectivity index (χ1n) is 6.32. The van der Waals surface area contributed by atoms with Crippen molar-refractivity contribution in [2.75, 3.05) is 19.4 Å². The van der Waals surface area contributed by atoms with Crippen LogP contribution in [0.1, 0.15) is 36.5 Å². The monoisotopic (exact) mass is 248 g/mol. The summed E-state index contributed by atoms with van der Waals surface area (Å²) < 4.78 is 5.18. The van der Waals surface area contributed by atoms with E-state index in [9.17, 15) is 4.79 Å². The first-order chi connectivity index (χ1) is 8.62. The molecule has 1 aromatic carbocycles. The summed E-state index contributed by atoms with van der Waals surface area (Å²) in [4.78, 5) is 12.2. The molecular formula is C14H20N2O2. The maximum atomic E-state index is 12.2. The van der Waals surface area contributed by atoms with Crippen molar-refractivity contribution >= 4 is 11.6 Å². The minimum absolute atomic E-state index is 0.148. The van der Waals surface area contributed by atoms with Gasteiger partial charge in [-0.2, -0.15) is 0 Å². The SMILES string of the molecule is CCC1(CNC(=O)c2c(N)cccc2OC)CC1. The molecule has 1 aliphatic rings. The van der Waals surface area contributed by atoms with Gasteiger partial charge in [0.1, 0.15) is 11.3 Å². The predicted octanol–water partition coefficient (Wildman–Crippen LogP) is 2.20. The number of benzene rings is 1. The predicted molar refractivity (Wildman–Crippen MR) is 71.7 cm³/mol. The van der Waals surface area contributed by atoms with Crippen LogP contribution in [-0.4, -0.2) is 19.6 Å². The van der Waals surface area contributed by atoms with E-state index in [1.54, 1.807) is 25.3 Å². The second-order valence-corrected chi connectivity index (χ2v) is 4.96. The third-order valence-corrected chi connectivity index (χ3v) is 3.84. The summed E-state index contributed by atoms with van der Waals surface area (Å²) >= 11 is 0. The van der Waals surface area contributed by atoms with Crippen molar-refractivity contribution < 1.29 is 9.53 Å². The average molecular weight is 248 g/mol. The maximum Gasteiger partial charge on any atom is 0.257 e. The van der Waals surface area contributed by atoms with Crippen LogP contribution in [0.5, 0.6) is 5.75 Å². The smallest absolute Gasteiger partial charge is 0.257 e. The van der Waals surface area contributed by atoms with Crippen molar-refractivity contribution in [1.29, 1.82) is 0 Å². The second-order valence-electron chi connectivity index (χ2n) is 4.96. The van der Waals surface area contributed by atoms with Gasteiger partial charge in [0, 0.05) is 12.2 Å². The molecule has 4 nitrogen and oxygen atoms in total. The lowest BCUT2D eigenvalue weighted by Crippen LogP contribution is -2.30. The third kappa shape index (κ3) is 2.42. The summed E-state index contributed by atoms with van der Waals surface area (Å²) in [6.45, 7) is 2.89. The molecule has 18 heavy (non-hydrogen) atoms. The highest BCUT2D eigenvalue weighted by molar-refractivity contribution is 6.01. The molecule has 1 aromatic rings. The molecule has 3 N–H and O–H groups in total. The summed E-state index contributed by atoms with van der Waals surface area (Å²) in [6, 6.07) is 5.24. The van der Waals surface area contributed by atoms with E-state index < -0.39 is 0 Å². The fraction of sp³-hybridized carbons (Fsp3) is 0.500. The first-order valence-corrected chi connectivity index (χ1v) is 6.32. The van der Waals surface area contributed by atoms with Gasteiger partial charge < -0.3 is 15.8 Å². The zero-order valence-electron chi connectivity index (χ0n) is 11.0. The minimum Gasteiger partial charge on any atom is -0.496 e. The lowest BCUT2D eigenvalue weighted by molar-refractivity contribution is 0.0942. The Morgan fingerprint density at radius 3 is 2.78 bits per heavy atom. The topological polar surface area (TPSA) is 64.4 Å². The summed E-state index contributed by atoms with van der Waals surface area (Å²) in [5.41, 5.74) is 7.06. The van der Waals surface area contributed by atoms with Gasteiger partial charge in [0.2, 0.25) is 0 Å². The molecule has 0 heterocycles. The number of nitrogens with two attached hydrogens (primary N) is 1. The van der Waals surface area contributed by atoms with Gasteiger partial charge >= 0.3 is 0 Å². The van der Waals surface area contributed by atoms with Crippen LogP contribution in [0.15, 0.2) is 18.2 Å². The number of rotatable bonds is 5.